The first-order chi connectivity index (χ1) is 9.63. The number of rotatable bonds is 3. The van der Waals surface area contributed by atoms with Crippen LogP contribution in [0.2, 0.25) is 0 Å². The van der Waals surface area contributed by atoms with E-state index in [-0.39, 0.29) is 24.2 Å². The van der Waals surface area contributed by atoms with Gasteiger partial charge in [0.2, 0.25) is 0 Å². The molecule has 2 fully saturated rings. The van der Waals surface area contributed by atoms with Crippen LogP contribution in [0.3, 0.4) is 0 Å². The number of hydrogen-bond donors (Lipinski definition) is 1. The number of hydrogen-bond acceptors (Lipinski definition) is 4. The van der Waals surface area contributed by atoms with Crippen molar-refractivity contribution in [3.05, 3.63) is 35.9 Å². The molecule has 0 amide bonds. The van der Waals surface area contributed by atoms with E-state index in [0.717, 1.165) is 24.8 Å². The van der Waals surface area contributed by atoms with Crippen LogP contribution in [-0.4, -0.2) is 47.3 Å². The van der Waals surface area contributed by atoms with Crippen LogP contribution in [0.1, 0.15) is 24.8 Å². The van der Waals surface area contributed by atoms with Gasteiger partial charge in [-0.15, -0.1) is 0 Å². The molecule has 1 N–H and O–H groups in total. The fraction of sp³-hybridized carbons (Fsp3) is 0.562. The monoisotopic (exact) mass is 275 g/mol. The number of nitrogens with zero attached hydrogens (tertiary/aromatic N) is 1. The second-order valence-corrected chi connectivity index (χ2v) is 5.94. The van der Waals surface area contributed by atoms with Crippen LogP contribution in [0.25, 0.3) is 0 Å². The van der Waals surface area contributed by atoms with Crippen LogP contribution in [0, 0.1) is 0 Å². The maximum Gasteiger partial charge on any atom is 0.310 e. The van der Waals surface area contributed by atoms with Crippen molar-refractivity contribution in [2.24, 2.45) is 0 Å². The minimum atomic E-state index is -0.275. The Kier molecular flexibility index (Phi) is 3.76. The summed E-state index contributed by atoms with van der Waals surface area (Å²) in [6.07, 6.45) is 2.38. The number of carbonyl (C=O) groups excluding carboxylic acids is 1. The molecular weight excluding hydrogens is 254 g/mol. The highest BCUT2D eigenvalue weighted by atomic mass is 16.5. The third-order valence-electron chi connectivity index (χ3n) is 4.59. The Labute approximate surface area is 119 Å². The number of fused-ring (bicyclic) bond motifs is 2. The molecule has 2 aliphatic rings. The van der Waals surface area contributed by atoms with E-state index in [1.165, 1.54) is 0 Å². The molecular formula is C16H21NO3. The van der Waals surface area contributed by atoms with Gasteiger partial charge in [0.05, 0.1) is 12.5 Å². The molecule has 0 unspecified atom stereocenters. The average molecular weight is 275 g/mol. The standard InChI is InChI=1S/C16H21NO3/c1-17-12-8-13(10-14(17)15(18)9-12)20-16(19)7-11-5-3-2-4-6-11/h2-6,12-15,18H,7-10H2,1H3/t12-,13-,14+,15-/m0/s1. The lowest BCUT2D eigenvalue weighted by molar-refractivity contribution is -0.151. The molecule has 4 atom stereocenters. The third kappa shape index (κ3) is 2.72. The number of aliphatic hydroxyl groups excluding tert-OH is 1. The molecule has 4 heteroatoms. The third-order valence-corrected chi connectivity index (χ3v) is 4.59. The van der Waals surface area contributed by atoms with E-state index in [2.05, 4.69) is 4.90 Å². The number of carbonyl (C=O) groups is 1. The average Bonchev–Trinajstić information content (AvgIpc) is 2.59. The highest BCUT2D eigenvalue weighted by Crippen LogP contribution is 2.35. The second kappa shape index (κ2) is 5.54. The fourth-order valence-corrected chi connectivity index (χ4v) is 3.49. The molecule has 3 rings (SSSR count). The van der Waals surface area contributed by atoms with Crippen LogP contribution in [0.4, 0.5) is 0 Å². The van der Waals surface area contributed by atoms with Gasteiger partial charge in [-0.2, -0.15) is 0 Å². The summed E-state index contributed by atoms with van der Waals surface area (Å²) in [6, 6.07) is 10.1. The molecule has 2 aliphatic heterocycles. The summed E-state index contributed by atoms with van der Waals surface area (Å²) in [5.74, 6) is -0.167. The highest BCUT2D eigenvalue weighted by Gasteiger charge is 2.45. The summed E-state index contributed by atoms with van der Waals surface area (Å²) < 4.78 is 5.60. The maximum absolute atomic E-state index is 12.0. The van der Waals surface area contributed by atoms with Gasteiger partial charge < -0.3 is 9.84 Å². The van der Waals surface area contributed by atoms with E-state index in [1.807, 2.05) is 37.4 Å². The Morgan fingerprint density at radius 3 is 2.75 bits per heavy atom. The first-order valence-corrected chi connectivity index (χ1v) is 7.27. The van der Waals surface area contributed by atoms with Crippen molar-refractivity contribution in [1.82, 2.24) is 4.90 Å². The summed E-state index contributed by atoms with van der Waals surface area (Å²) in [7, 11) is 2.05. The van der Waals surface area contributed by atoms with Crippen LogP contribution in [0.15, 0.2) is 30.3 Å². The number of esters is 1. The number of ether oxygens (including phenoxy) is 1. The van der Waals surface area contributed by atoms with Crippen molar-refractivity contribution in [1.29, 1.82) is 0 Å². The van der Waals surface area contributed by atoms with Gasteiger partial charge in [0.25, 0.3) is 0 Å². The molecule has 1 aromatic rings. The van der Waals surface area contributed by atoms with Crippen molar-refractivity contribution in [3.63, 3.8) is 0 Å². The van der Waals surface area contributed by atoms with Crippen molar-refractivity contribution < 1.29 is 14.6 Å². The van der Waals surface area contributed by atoms with Crippen LogP contribution >= 0.6 is 0 Å². The molecule has 4 nitrogen and oxygen atoms in total. The zero-order chi connectivity index (χ0) is 14.1. The first kappa shape index (κ1) is 13.6. The van der Waals surface area contributed by atoms with Gasteiger partial charge in [0.1, 0.15) is 6.10 Å². The van der Waals surface area contributed by atoms with Gasteiger partial charge in [-0.05, 0) is 19.0 Å². The minimum absolute atomic E-state index is 0.0467. The predicted molar refractivity (Wildman–Crippen MR) is 75.2 cm³/mol. The molecule has 0 aliphatic carbocycles. The highest BCUT2D eigenvalue weighted by molar-refractivity contribution is 5.72. The molecule has 2 heterocycles. The van der Waals surface area contributed by atoms with Gasteiger partial charge in [0, 0.05) is 24.9 Å². The van der Waals surface area contributed by atoms with Crippen molar-refractivity contribution in [2.45, 2.75) is 50.0 Å². The summed E-state index contributed by atoms with van der Waals surface area (Å²) in [6.45, 7) is 0. The number of aliphatic hydroxyl groups is 1. The smallest absolute Gasteiger partial charge is 0.310 e. The zero-order valence-corrected chi connectivity index (χ0v) is 11.7. The molecule has 2 saturated heterocycles. The summed E-state index contributed by atoms with van der Waals surface area (Å²) in [5, 5.41) is 9.97. The molecule has 1 aromatic carbocycles. The fourth-order valence-electron chi connectivity index (χ4n) is 3.49. The second-order valence-electron chi connectivity index (χ2n) is 5.94. The molecule has 0 spiro atoms. The number of likely N-dealkylation sites (N-methyl/N-ethyl adjacent to an activating group) is 1. The SMILES string of the molecule is CN1[C@H]2C[C@H](OC(=O)Cc3ccccc3)C[C@@H]1[C@@H](O)C2. The molecule has 0 saturated carbocycles. The quantitative estimate of drug-likeness (QED) is 0.847. The number of benzene rings is 1. The number of piperidine rings is 1. The van der Waals surface area contributed by atoms with Gasteiger partial charge in [-0.3, -0.25) is 9.69 Å². The van der Waals surface area contributed by atoms with Crippen molar-refractivity contribution in [3.8, 4) is 0 Å². The van der Waals surface area contributed by atoms with Gasteiger partial charge in [0.15, 0.2) is 0 Å². The Morgan fingerprint density at radius 2 is 2.05 bits per heavy atom. The Morgan fingerprint density at radius 1 is 1.30 bits per heavy atom. The Balaban J connectivity index is 1.55. The van der Waals surface area contributed by atoms with E-state index in [9.17, 15) is 9.90 Å². The lowest BCUT2D eigenvalue weighted by atomic mass is 10.00. The topological polar surface area (TPSA) is 49.8 Å². The largest absolute Gasteiger partial charge is 0.462 e. The van der Waals surface area contributed by atoms with Crippen molar-refractivity contribution in [2.75, 3.05) is 7.05 Å². The minimum Gasteiger partial charge on any atom is -0.462 e. The van der Waals surface area contributed by atoms with Crippen LogP contribution in [0.5, 0.6) is 0 Å². The lowest BCUT2D eigenvalue weighted by Gasteiger charge is -2.36. The molecule has 20 heavy (non-hydrogen) atoms. The molecule has 0 radical (unpaired) electrons. The zero-order valence-electron chi connectivity index (χ0n) is 11.7. The Bertz CT molecular complexity index is 476. The summed E-state index contributed by atoms with van der Waals surface area (Å²) in [4.78, 5) is 14.2. The lowest BCUT2D eigenvalue weighted by Crippen LogP contribution is -2.45. The molecule has 0 aromatic heterocycles. The Hall–Kier alpha value is -1.39. The summed E-state index contributed by atoms with van der Waals surface area (Å²) >= 11 is 0. The molecule has 2 bridgehead atoms. The van der Waals surface area contributed by atoms with E-state index < -0.39 is 0 Å². The van der Waals surface area contributed by atoms with Crippen molar-refractivity contribution >= 4 is 5.97 Å². The molecule has 108 valence electrons. The van der Waals surface area contributed by atoms with Gasteiger partial charge in [-0.1, -0.05) is 30.3 Å². The maximum atomic E-state index is 12.0. The van der Waals surface area contributed by atoms with Gasteiger partial charge in [-0.25, -0.2) is 0 Å². The van der Waals surface area contributed by atoms with E-state index in [4.69, 9.17) is 4.74 Å². The first-order valence-electron chi connectivity index (χ1n) is 7.27. The van der Waals surface area contributed by atoms with E-state index in [1.54, 1.807) is 0 Å². The van der Waals surface area contributed by atoms with E-state index >= 15 is 0 Å². The van der Waals surface area contributed by atoms with E-state index in [0.29, 0.717) is 12.5 Å². The normalized spacial score (nSPS) is 33.1. The summed E-state index contributed by atoms with van der Waals surface area (Å²) in [5.41, 5.74) is 0.980. The predicted octanol–water partition coefficient (Wildman–Crippen LogP) is 1.37. The van der Waals surface area contributed by atoms with Crippen LogP contribution < -0.4 is 0 Å². The van der Waals surface area contributed by atoms with Gasteiger partial charge >= 0.3 is 5.97 Å². The van der Waals surface area contributed by atoms with Crippen LogP contribution in [-0.2, 0) is 16.0 Å².